The van der Waals surface area contributed by atoms with E-state index in [1.54, 1.807) is 7.11 Å². The predicted octanol–water partition coefficient (Wildman–Crippen LogP) is 4.33. The van der Waals surface area contributed by atoms with Gasteiger partial charge in [0, 0.05) is 10.6 Å². The number of hydrogen-bond acceptors (Lipinski definition) is 2. The zero-order valence-corrected chi connectivity index (χ0v) is 15.6. The van der Waals surface area contributed by atoms with Gasteiger partial charge >= 0.3 is 0 Å². The van der Waals surface area contributed by atoms with Gasteiger partial charge in [-0.2, -0.15) is 0 Å². The lowest BCUT2D eigenvalue weighted by Crippen LogP contribution is -2.42. The quantitative estimate of drug-likeness (QED) is 0.817. The van der Waals surface area contributed by atoms with Crippen LogP contribution in [0.1, 0.15) is 36.8 Å². The van der Waals surface area contributed by atoms with Crippen LogP contribution >= 0.6 is 11.6 Å². The van der Waals surface area contributed by atoms with Crippen molar-refractivity contribution in [3.63, 3.8) is 0 Å². The fourth-order valence-electron chi connectivity index (χ4n) is 3.51. The largest absolute Gasteiger partial charge is 0.497 e. The molecule has 0 bridgehead atoms. The van der Waals surface area contributed by atoms with E-state index in [2.05, 4.69) is 17.2 Å². The van der Waals surface area contributed by atoms with E-state index in [4.69, 9.17) is 16.3 Å². The maximum Gasteiger partial charge on any atom is 0.231 e. The monoisotopic (exact) mass is 367 g/mol. The highest BCUT2D eigenvalue weighted by atomic mass is 35.5. The van der Waals surface area contributed by atoms with Gasteiger partial charge in [0.25, 0.3) is 0 Å². The molecule has 2 aromatic carbocycles. The minimum absolute atomic E-state index is 0.0568. The summed E-state index contributed by atoms with van der Waals surface area (Å²) in [5.41, 5.74) is 1.49. The molecular weight excluding hydrogens is 346 g/mol. The zero-order valence-electron chi connectivity index (χ0n) is 14.8. The molecule has 0 atom stereocenters. The van der Waals surface area contributed by atoms with Crippen LogP contribution in [0.5, 0.6) is 5.75 Å². The summed E-state index contributed by atoms with van der Waals surface area (Å²) in [4.78, 5) is 12.9. The first-order chi connectivity index (χ1) is 12.6. The van der Waals surface area contributed by atoms with E-state index in [0.717, 1.165) is 42.6 Å². The topological polar surface area (TPSA) is 38.3 Å². The number of halogens is 1. The fourth-order valence-corrected chi connectivity index (χ4v) is 3.63. The SMILES string of the molecule is COc1ccc(C#CCNC(=O)C2(c3ccc(Cl)cc3)CCCC2)cc1. The molecule has 3 rings (SSSR count). The van der Waals surface area contributed by atoms with Crippen molar-refractivity contribution in [3.8, 4) is 17.6 Å². The highest BCUT2D eigenvalue weighted by molar-refractivity contribution is 6.30. The highest BCUT2D eigenvalue weighted by Gasteiger charge is 2.42. The number of carbonyl (C=O) groups is 1. The summed E-state index contributed by atoms with van der Waals surface area (Å²) in [6, 6.07) is 15.2. The third-order valence-corrected chi connectivity index (χ3v) is 5.20. The Morgan fingerprint density at radius 1 is 1.12 bits per heavy atom. The molecule has 0 heterocycles. The van der Waals surface area contributed by atoms with E-state index < -0.39 is 5.41 Å². The Balaban J connectivity index is 1.66. The molecule has 0 aromatic heterocycles. The van der Waals surface area contributed by atoms with Gasteiger partial charge in [-0.25, -0.2) is 0 Å². The van der Waals surface area contributed by atoms with E-state index in [9.17, 15) is 4.79 Å². The molecule has 1 N–H and O–H groups in total. The molecule has 0 aliphatic heterocycles. The van der Waals surface area contributed by atoms with Gasteiger partial charge in [0.15, 0.2) is 0 Å². The van der Waals surface area contributed by atoms with E-state index in [0.29, 0.717) is 11.6 Å². The van der Waals surface area contributed by atoms with Crippen LogP contribution in [-0.4, -0.2) is 19.6 Å². The summed E-state index contributed by atoms with van der Waals surface area (Å²) in [6.45, 7) is 0.334. The molecule has 1 aliphatic rings. The average Bonchev–Trinajstić information content (AvgIpc) is 3.17. The molecule has 1 aliphatic carbocycles. The van der Waals surface area contributed by atoms with Gasteiger partial charge < -0.3 is 10.1 Å². The Hall–Kier alpha value is -2.44. The lowest BCUT2D eigenvalue weighted by Gasteiger charge is -2.28. The second-order valence-corrected chi connectivity index (χ2v) is 6.95. The van der Waals surface area contributed by atoms with Gasteiger partial charge in [-0.3, -0.25) is 4.79 Å². The van der Waals surface area contributed by atoms with Crippen molar-refractivity contribution >= 4 is 17.5 Å². The minimum atomic E-state index is -0.452. The van der Waals surface area contributed by atoms with Gasteiger partial charge in [-0.05, 0) is 54.8 Å². The van der Waals surface area contributed by atoms with Crippen LogP contribution in [0.15, 0.2) is 48.5 Å². The predicted molar refractivity (Wildman–Crippen MR) is 104 cm³/mol. The summed E-state index contributed by atoms with van der Waals surface area (Å²) in [6.07, 6.45) is 3.86. The third-order valence-electron chi connectivity index (χ3n) is 4.95. The van der Waals surface area contributed by atoms with E-state index in [-0.39, 0.29) is 5.91 Å². The molecule has 0 saturated heterocycles. The Bertz CT molecular complexity index is 810. The average molecular weight is 368 g/mol. The molecule has 134 valence electrons. The van der Waals surface area contributed by atoms with E-state index in [1.807, 2.05) is 48.5 Å². The molecule has 0 radical (unpaired) electrons. The molecule has 1 fully saturated rings. The Kier molecular flexibility index (Phi) is 5.85. The summed E-state index contributed by atoms with van der Waals surface area (Å²) in [7, 11) is 1.63. The van der Waals surface area contributed by atoms with Crippen LogP contribution in [0.4, 0.5) is 0 Å². The smallest absolute Gasteiger partial charge is 0.231 e. The number of rotatable bonds is 4. The first kappa shape index (κ1) is 18.4. The molecule has 4 heteroatoms. The van der Waals surface area contributed by atoms with Gasteiger partial charge in [-0.15, -0.1) is 0 Å². The number of hydrogen-bond donors (Lipinski definition) is 1. The minimum Gasteiger partial charge on any atom is -0.497 e. The molecule has 0 spiro atoms. The lowest BCUT2D eigenvalue weighted by molar-refractivity contribution is -0.126. The van der Waals surface area contributed by atoms with Crippen LogP contribution in [-0.2, 0) is 10.2 Å². The van der Waals surface area contributed by atoms with Gasteiger partial charge in [0.1, 0.15) is 5.75 Å². The molecule has 1 amide bonds. The van der Waals surface area contributed by atoms with Crippen molar-refractivity contribution in [1.29, 1.82) is 0 Å². The van der Waals surface area contributed by atoms with Crippen LogP contribution < -0.4 is 10.1 Å². The highest BCUT2D eigenvalue weighted by Crippen LogP contribution is 2.41. The first-order valence-electron chi connectivity index (χ1n) is 8.81. The third kappa shape index (κ3) is 4.03. The van der Waals surface area contributed by atoms with Gasteiger partial charge in [-0.1, -0.05) is 48.4 Å². The fraction of sp³-hybridized carbons (Fsp3) is 0.318. The Morgan fingerprint density at radius 3 is 2.38 bits per heavy atom. The Morgan fingerprint density at radius 2 is 1.77 bits per heavy atom. The van der Waals surface area contributed by atoms with Crippen molar-refractivity contribution in [2.45, 2.75) is 31.1 Å². The van der Waals surface area contributed by atoms with E-state index in [1.165, 1.54) is 0 Å². The number of benzene rings is 2. The molecular formula is C22H22ClNO2. The van der Waals surface area contributed by atoms with Crippen molar-refractivity contribution in [3.05, 3.63) is 64.7 Å². The van der Waals surface area contributed by atoms with Crippen molar-refractivity contribution in [2.24, 2.45) is 0 Å². The van der Waals surface area contributed by atoms with E-state index >= 15 is 0 Å². The summed E-state index contributed by atoms with van der Waals surface area (Å²) < 4.78 is 5.13. The van der Waals surface area contributed by atoms with Crippen molar-refractivity contribution in [2.75, 3.05) is 13.7 Å². The molecule has 1 saturated carbocycles. The number of amides is 1. The standard InChI is InChI=1S/C22H22ClNO2/c1-26-20-12-6-17(7-13-20)5-4-16-24-21(25)22(14-2-3-15-22)18-8-10-19(23)11-9-18/h6-13H,2-3,14-16H2,1H3,(H,24,25). The second-order valence-electron chi connectivity index (χ2n) is 6.51. The normalized spacial score (nSPS) is 15.0. The molecule has 0 unspecified atom stereocenters. The van der Waals surface area contributed by atoms with Gasteiger partial charge in [0.05, 0.1) is 19.1 Å². The van der Waals surface area contributed by atoms with Crippen LogP contribution in [0.2, 0.25) is 5.02 Å². The second kappa shape index (κ2) is 8.29. The summed E-state index contributed by atoms with van der Waals surface area (Å²) in [5.74, 6) is 6.95. The number of ether oxygens (including phenoxy) is 1. The first-order valence-corrected chi connectivity index (χ1v) is 9.19. The van der Waals surface area contributed by atoms with Crippen LogP contribution in [0.25, 0.3) is 0 Å². The molecule has 2 aromatic rings. The number of carbonyl (C=O) groups excluding carboxylic acids is 1. The number of nitrogens with one attached hydrogen (secondary N) is 1. The summed E-state index contributed by atoms with van der Waals surface area (Å²) in [5, 5.41) is 3.69. The lowest BCUT2D eigenvalue weighted by atomic mass is 9.78. The summed E-state index contributed by atoms with van der Waals surface area (Å²) >= 11 is 6.00. The molecule has 26 heavy (non-hydrogen) atoms. The molecule has 3 nitrogen and oxygen atoms in total. The van der Waals surface area contributed by atoms with Crippen molar-refractivity contribution in [1.82, 2.24) is 5.32 Å². The maximum absolute atomic E-state index is 12.9. The maximum atomic E-state index is 12.9. The number of methoxy groups -OCH3 is 1. The zero-order chi connectivity index (χ0) is 18.4. The van der Waals surface area contributed by atoms with Crippen LogP contribution in [0, 0.1) is 11.8 Å². The Labute approximate surface area is 159 Å². The van der Waals surface area contributed by atoms with Crippen LogP contribution in [0.3, 0.4) is 0 Å². The van der Waals surface area contributed by atoms with Crippen molar-refractivity contribution < 1.29 is 9.53 Å². The van der Waals surface area contributed by atoms with Gasteiger partial charge in [0.2, 0.25) is 5.91 Å².